The molecule has 72 valence electrons. The number of fused-ring (bicyclic) bond motifs is 1. The maximum Gasteiger partial charge on any atom is 0.406 e. The zero-order valence-electron chi connectivity index (χ0n) is 8.00. The van der Waals surface area contributed by atoms with E-state index in [1.54, 1.807) is 4.52 Å². The van der Waals surface area contributed by atoms with Gasteiger partial charge < -0.3 is 4.42 Å². The molecule has 1 aromatic carbocycles. The van der Waals surface area contributed by atoms with Gasteiger partial charge in [-0.15, -0.1) is 0 Å². The quantitative estimate of drug-likeness (QED) is 0.559. The molecule has 0 radical (unpaired) electrons. The van der Waals surface area contributed by atoms with Crippen LogP contribution in [0.15, 0.2) is 59.1 Å². The molecule has 3 heteroatoms. The summed E-state index contributed by atoms with van der Waals surface area (Å²) in [4.78, 5) is 0. The summed E-state index contributed by atoms with van der Waals surface area (Å²) < 4.78 is 7.33. The Morgan fingerprint density at radius 2 is 1.73 bits per heavy atom. The first-order valence-corrected chi connectivity index (χ1v) is 4.76. The van der Waals surface area contributed by atoms with Gasteiger partial charge in [0.05, 0.1) is 6.07 Å². The molecule has 2 heterocycles. The molecule has 2 aromatic heterocycles. The minimum absolute atomic E-state index is 0.641. The largest absolute Gasteiger partial charge is 0.406 e. The molecule has 0 N–H and O–H groups in total. The smallest absolute Gasteiger partial charge is 0.377 e. The Morgan fingerprint density at radius 1 is 0.933 bits per heavy atom. The van der Waals surface area contributed by atoms with E-state index in [0.717, 1.165) is 11.3 Å². The summed E-state index contributed by atoms with van der Waals surface area (Å²) in [7, 11) is 0. The predicted octanol–water partition coefficient (Wildman–Crippen LogP) is 2.08. The molecule has 0 saturated heterocycles. The van der Waals surface area contributed by atoms with Crippen molar-refractivity contribution in [3.63, 3.8) is 0 Å². The normalized spacial score (nSPS) is 10.7. The highest BCUT2D eigenvalue weighted by molar-refractivity contribution is 5.52. The lowest BCUT2D eigenvalue weighted by molar-refractivity contribution is -0.579. The third kappa shape index (κ3) is 1.38. The molecular weight excluding hydrogens is 188 g/mol. The van der Waals surface area contributed by atoms with Crippen molar-refractivity contribution < 1.29 is 8.93 Å². The van der Waals surface area contributed by atoms with Crippen molar-refractivity contribution in [2.45, 2.75) is 0 Å². The third-order valence-corrected chi connectivity index (χ3v) is 2.22. The van der Waals surface area contributed by atoms with Crippen molar-refractivity contribution in [1.29, 1.82) is 0 Å². The second-order valence-corrected chi connectivity index (χ2v) is 3.26. The second-order valence-electron chi connectivity index (χ2n) is 3.26. The van der Waals surface area contributed by atoms with E-state index in [1.165, 1.54) is 0 Å². The molecule has 0 bridgehead atoms. The Bertz CT molecular complexity index is 554. The molecule has 15 heavy (non-hydrogen) atoms. The molecule has 0 aliphatic rings. The van der Waals surface area contributed by atoms with E-state index in [9.17, 15) is 0 Å². The second kappa shape index (κ2) is 3.20. The van der Waals surface area contributed by atoms with E-state index < -0.39 is 0 Å². The van der Waals surface area contributed by atoms with Crippen LogP contribution < -0.4 is 4.52 Å². The zero-order valence-corrected chi connectivity index (χ0v) is 8.00. The van der Waals surface area contributed by atoms with Crippen molar-refractivity contribution in [2.75, 3.05) is 0 Å². The van der Waals surface area contributed by atoms with Crippen LogP contribution in [0.1, 0.15) is 0 Å². The van der Waals surface area contributed by atoms with Crippen LogP contribution in [0.5, 0.6) is 0 Å². The monoisotopic (exact) mass is 197 g/mol. The minimum atomic E-state index is 0.641. The van der Waals surface area contributed by atoms with Gasteiger partial charge in [-0.25, -0.2) is 0 Å². The fourth-order valence-electron chi connectivity index (χ4n) is 1.50. The van der Waals surface area contributed by atoms with Gasteiger partial charge in [0.25, 0.3) is 5.89 Å². The van der Waals surface area contributed by atoms with Crippen LogP contribution in [0.25, 0.3) is 17.2 Å². The van der Waals surface area contributed by atoms with Crippen LogP contribution in [0.2, 0.25) is 0 Å². The van der Waals surface area contributed by atoms with Gasteiger partial charge in [-0.05, 0) is 22.7 Å². The van der Waals surface area contributed by atoms with Gasteiger partial charge in [0.2, 0.25) is 6.20 Å². The number of nitrogens with zero attached hydrogens (tertiary/aromatic N) is 2. The fourth-order valence-corrected chi connectivity index (χ4v) is 1.50. The summed E-state index contributed by atoms with van der Waals surface area (Å²) in [6, 6.07) is 15.6. The third-order valence-electron chi connectivity index (χ3n) is 2.22. The Balaban J connectivity index is 2.21. The summed E-state index contributed by atoms with van der Waals surface area (Å²) in [6.45, 7) is 0. The lowest BCUT2D eigenvalue weighted by atomic mass is 10.2. The Kier molecular flexibility index (Phi) is 1.75. The molecular formula is C12H9N2O+. The average Bonchev–Trinajstić information content (AvgIpc) is 2.74. The van der Waals surface area contributed by atoms with Crippen molar-refractivity contribution in [3.05, 3.63) is 54.7 Å². The van der Waals surface area contributed by atoms with Crippen LogP contribution in [0, 0.1) is 0 Å². The van der Waals surface area contributed by atoms with E-state index >= 15 is 0 Å². The predicted molar refractivity (Wildman–Crippen MR) is 55.1 cm³/mol. The molecule has 3 nitrogen and oxygen atoms in total. The van der Waals surface area contributed by atoms with Crippen LogP contribution in [-0.2, 0) is 0 Å². The van der Waals surface area contributed by atoms with Gasteiger partial charge in [0, 0.05) is 16.7 Å². The first-order valence-electron chi connectivity index (χ1n) is 4.76. The first-order chi connectivity index (χ1) is 7.43. The van der Waals surface area contributed by atoms with E-state index in [-0.39, 0.29) is 0 Å². The summed E-state index contributed by atoms with van der Waals surface area (Å²) in [5, 5.41) is 4.33. The zero-order chi connectivity index (χ0) is 10.1. The average molecular weight is 197 g/mol. The molecule has 0 atom stereocenters. The maximum absolute atomic E-state index is 5.61. The van der Waals surface area contributed by atoms with Gasteiger partial charge in [-0.1, -0.05) is 18.2 Å². The van der Waals surface area contributed by atoms with Crippen LogP contribution in [0.3, 0.4) is 0 Å². The SMILES string of the molecule is c1ccc(-c2n[n+]3ccccc3o2)cc1. The van der Waals surface area contributed by atoms with Gasteiger partial charge >= 0.3 is 5.71 Å². The Hall–Kier alpha value is -2.16. The summed E-state index contributed by atoms with van der Waals surface area (Å²) >= 11 is 0. The van der Waals surface area contributed by atoms with E-state index in [4.69, 9.17) is 4.42 Å². The van der Waals surface area contributed by atoms with Crippen molar-refractivity contribution in [3.8, 4) is 11.5 Å². The molecule has 0 unspecified atom stereocenters. The number of hydrogen-bond acceptors (Lipinski definition) is 2. The number of benzene rings is 1. The first kappa shape index (κ1) is 8.17. The number of pyridine rings is 1. The van der Waals surface area contributed by atoms with Crippen molar-refractivity contribution in [2.24, 2.45) is 0 Å². The molecule has 0 fully saturated rings. The highest BCUT2D eigenvalue weighted by atomic mass is 16.4. The number of rotatable bonds is 1. The highest BCUT2D eigenvalue weighted by Crippen LogP contribution is 2.16. The lowest BCUT2D eigenvalue weighted by Gasteiger charge is -1.87. The summed E-state index contributed by atoms with van der Waals surface area (Å²) in [6.07, 6.45) is 1.87. The van der Waals surface area contributed by atoms with E-state index in [0.29, 0.717) is 5.89 Å². The van der Waals surface area contributed by atoms with Gasteiger partial charge in [-0.3, -0.25) is 0 Å². The minimum Gasteiger partial charge on any atom is -0.377 e. The number of hydrogen-bond donors (Lipinski definition) is 0. The van der Waals surface area contributed by atoms with Crippen LogP contribution >= 0.6 is 0 Å². The van der Waals surface area contributed by atoms with E-state index in [1.807, 2.05) is 54.7 Å². The van der Waals surface area contributed by atoms with Crippen LogP contribution in [0.4, 0.5) is 0 Å². The molecule has 3 rings (SSSR count). The molecule has 3 aromatic rings. The standard InChI is InChI=1S/C12H9N2O/c1-2-6-10(7-3-1)12-13-14-9-5-4-8-11(14)15-12/h1-9H/q+1. The molecule has 0 spiro atoms. The molecule has 0 saturated carbocycles. The molecule has 0 aliphatic heterocycles. The Morgan fingerprint density at radius 3 is 2.53 bits per heavy atom. The van der Waals surface area contributed by atoms with Crippen molar-refractivity contribution >= 4 is 5.71 Å². The molecule has 0 amide bonds. The van der Waals surface area contributed by atoms with Gasteiger partial charge in [-0.2, -0.15) is 0 Å². The summed E-state index contributed by atoms with van der Waals surface area (Å²) in [5.74, 6) is 0.641. The molecule has 0 aliphatic carbocycles. The summed E-state index contributed by atoms with van der Waals surface area (Å²) in [5.41, 5.74) is 1.73. The lowest BCUT2D eigenvalue weighted by Crippen LogP contribution is -2.21. The fraction of sp³-hybridized carbons (Fsp3) is 0. The number of aromatic nitrogens is 2. The van der Waals surface area contributed by atoms with Crippen LogP contribution in [-0.4, -0.2) is 5.10 Å². The van der Waals surface area contributed by atoms with Gasteiger partial charge in [0.1, 0.15) is 0 Å². The van der Waals surface area contributed by atoms with E-state index in [2.05, 4.69) is 5.10 Å². The van der Waals surface area contributed by atoms with Crippen molar-refractivity contribution in [1.82, 2.24) is 5.10 Å². The Labute approximate surface area is 86.6 Å². The topological polar surface area (TPSA) is 30.1 Å². The van der Waals surface area contributed by atoms with Gasteiger partial charge in [0.15, 0.2) is 0 Å². The maximum atomic E-state index is 5.61. The highest BCUT2D eigenvalue weighted by Gasteiger charge is 2.13.